The number of hydrogen-bond acceptors (Lipinski definition) is 1. The maximum atomic E-state index is 9.57. The minimum absolute atomic E-state index is 0.290. The van der Waals surface area contributed by atoms with Gasteiger partial charge in [0.15, 0.2) is 0 Å². The molecule has 0 atom stereocenters. The van der Waals surface area contributed by atoms with Gasteiger partial charge in [0.05, 0.1) is 0 Å². The van der Waals surface area contributed by atoms with Crippen LogP contribution >= 0.6 is 0 Å². The molecule has 1 heteroatoms. The molecule has 0 aromatic heterocycles. The summed E-state index contributed by atoms with van der Waals surface area (Å²) in [6, 6.07) is 71.5. The van der Waals surface area contributed by atoms with Crippen molar-refractivity contribution in [3.05, 3.63) is 222 Å². The van der Waals surface area contributed by atoms with Gasteiger partial charge in [-0.1, -0.05) is 195 Å². The van der Waals surface area contributed by atoms with Gasteiger partial charge in [-0.2, -0.15) is 0 Å². The number of phenols is 1. The first-order valence-corrected chi connectivity index (χ1v) is 22.1. The third-order valence-corrected chi connectivity index (χ3v) is 12.5. The SMILES string of the molecule is CC.Cc1ccc(-c2ccc(C)c(-c3cc(-c4ccc(O)cc4)ccc3C)c2)cc1.Cc1ccc2c3c(cccc13)-c1c-2c(-c2ccccc2)c2ccccc2c1-c1ccccc1. The number of aryl methyl sites for hydroxylation is 4. The summed E-state index contributed by atoms with van der Waals surface area (Å²) in [4.78, 5) is 0. The summed E-state index contributed by atoms with van der Waals surface area (Å²) in [6.45, 7) is 12.7. The lowest BCUT2D eigenvalue weighted by Crippen LogP contribution is -1.93. The van der Waals surface area contributed by atoms with E-state index in [0.717, 1.165) is 11.1 Å². The Balaban J connectivity index is 0.000000156. The lowest BCUT2D eigenvalue weighted by atomic mass is 9.82. The van der Waals surface area contributed by atoms with Gasteiger partial charge < -0.3 is 5.11 Å². The highest BCUT2D eigenvalue weighted by molar-refractivity contribution is 6.27. The van der Waals surface area contributed by atoms with Gasteiger partial charge >= 0.3 is 0 Å². The molecule has 1 aliphatic rings. The average molecular weight is 813 g/mol. The topological polar surface area (TPSA) is 20.2 Å². The summed E-state index contributed by atoms with van der Waals surface area (Å²) in [5.41, 5.74) is 23.0. The molecule has 0 aliphatic heterocycles. The summed E-state index contributed by atoms with van der Waals surface area (Å²) >= 11 is 0. The number of fused-ring (bicyclic) bond motifs is 4. The molecule has 0 spiro atoms. The first-order chi connectivity index (χ1) is 30.8. The summed E-state index contributed by atoms with van der Waals surface area (Å²) in [5, 5.41) is 14.9. The van der Waals surface area contributed by atoms with Crippen LogP contribution in [0, 0.1) is 27.7 Å². The van der Waals surface area contributed by atoms with Gasteiger partial charge in [-0.15, -0.1) is 0 Å². The summed E-state index contributed by atoms with van der Waals surface area (Å²) in [7, 11) is 0. The average Bonchev–Trinajstić information content (AvgIpc) is 3.66. The lowest BCUT2D eigenvalue weighted by molar-refractivity contribution is 0.475. The molecule has 306 valence electrons. The van der Waals surface area contributed by atoms with Crippen LogP contribution in [0.2, 0.25) is 0 Å². The van der Waals surface area contributed by atoms with E-state index in [-0.39, 0.29) is 5.75 Å². The fourth-order valence-electron chi connectivity index (χ4n) is 9.34. The number of benzene rings is 10. The Bertz CT molecular complexity index is 3060. The van der Waals surface area contributed by atoms with E-state index in [1.165, 1.54) is 111 Å². The van der Waals surface area contributed by atoms with Crippen molar-refractivity contribution in [2.24, 2.45) is 0 Å². The van der Waals surface area contributed by atoms with E-state index in [4.69, 9.17) is 0 Å². The standard InChI is InChI=1S/C33H22.C27H24O.C2H6/c1-21-19-20-28-31-24(21)17-10-18-27(31)32-29(22-11-4-2-5-12-22)25-15-8-9-16-26(25)30(33(28)32)23-13-6-3-7-14-23;1-18-4-8-21(9-5-18)23-10-6-19(2)26(16-23)27-17-24(11-7-20(27)3)22-12-14-25(28)15-13-22;1-2/h2-20H,1H3;4-17,28H,1-3H3;1-2H3. The van der Waals surface area contributed by atoms with E-state index < -0.39 is 0 Å². The molecule has 1 N–H and O–H groups in total. The molecule has 0 heterocycles. The number of phenolic OH excluding ortho intramolecular Hbond substituents is 1. The number of rotatable bonds is 5. The molecule has 63 heavy (non-hydrogen) atoms. The largest absolute Gasteiger partial charge is 0.508 e. The Morgan fingerprint density at radius 2 is 0.698 bits per heavy atom. The molecule has 0 saturated heterocycles. The highest BCUT2D eigenvalue weighted by Gasteiger charge is 2.30. The second kappa shape index (κ2) is 17.5. The maximum Gasteiger partial charge on any atom is 0.115 e. The van der Waals surface area contributed by atoms with Gasteiger partial charge in [-0.3, -0.25) is 0 Å². The monoisotopic (exact) mass is 812 g/mol. The van der Waals surface area contributed by atoms with E-state index in [1.54, 1.807) is 12.1 Å². The van der Waals surface area contributed by atoms with Crippen LogP contribution in [0.3, 0.4) is 0 Å². The summed E-state index contributed by atoms with van der Waals surface area (Å²) in [5.74, 6) is 0.290. The van der Waals surface area contributed by atoms with Crippen LogP contribution in [0.25, 0.3) is 99.4 Å². The highest BCUT2D eigenvalue weighted by Crippen LogP contribution is 2.57. The van der Waals surface area contributed by atoms with Crippen LogP contribution in [-0.2, 0) is 0 Å². The Morgan fingerprint density at radius 1 is 0.286 bits per heavy atom. The molecule has 0 bridgehead atoms. The van der Waals surface area contributed by atoms with Crippen LogP contribution in [0.4, 0.5) is 0 Å². The molecule has 10 aromatic rings. The smallest absolute Gasteiger partial charge is 0.115 e. The second-order valence-electron chi connectivity index (χ2n) is 16.4. The molecule has 1 nitrogen and oxygen atoms in total. The van der Waals surface area contributed by atoms with Crippen molar-refractivity contribution in [3.63, 3.8) is 0 Å². The third kappa shape index (κ3) is 7.62. The van der Waals surface area contributed by atoms with Gasteiger partial charge in [0.2, 0.25) is 0 Å². The van der Waals surface area contributed by atoms with Crippen molar-refractivity contribution < 1.29 is 5.11 Å². The molecule has 0 unspecified atom stereocenters. The van der Waals surface area contributed by atoms with Crippen LogP contribution in [0.1, 0.15) is 36.1 Å². The summed E-state index contributed by atoms with van der Waals surface area (Å²) in [6.07, 6.45) is 0. The zero-order valence-corrected chi connectivity index (χ0v) is 37.0. The van der Waals surface area contributed by atoms with E-state index in [0.29, 0.717) is 0 Å². The van der Waals surface area contributed by atoms with E-state index >= 15 is 0 Å². The molecular formula is C62H52O. The Kier molecular flexibility index (Phi) is 11.3. The Labute approximate surface area is 372 Å². The minimum Gasteiger partial charge on any atom is -0.508 e. The minimum atomic E-state index is 0.290. The molecular weight excluding hydrogens is 761 g/mol. The fourth-order valence-corrected chi connectivity index (χ4v) is 9.34. The predicted octanol–water partition coefficient (Wildman–Crippen LogP) is 17.6. The van der Waals surface area contributed by atoms with Crippen LogP contribution < -0.4 is 0 Å². The zero-order valence-electron chi connectivity index (χ0n) is 37.0. The first-order valence-electron chi connectivity index (χ1n) is 22.1. The van der Waals surface area contributed by atoms with Gasteiger partial charge in [-0.05, 0) is 168 Å². The Morgan fingerprint density at radius 3 is 1.21 bits per heavy atom. The Hall–Kier alpha value is -7.48. The van der Waals surface area contributed by atoms with Crippen LogP contribution in [-0.4, -0.2) is 5.11 Å². The first kappa shape index (κ1) is 40.9. The normalized spacial score (nSPS) is 11.1. The van der Waals surface area contributed by atoms with E-state index in [2.05, 4.69) is 204 Å². The van der Waals surface area contributed by atoms with Crippen molar-refractivity contribution in [2.75, 3.05) is 0 Å². The lowest BCUT2D eigenvalue weighted by Gasteiger charge is -2.20. The second-order valence-corrected chi connectivity index (χ2v) is 16.4. The van der Waals surface area contributed by atoms with Crippen molar-refractivity contribution in [3.8, 4) is 83.6 Å². The van der Waals surface area contributed by atoms with Crippen molar-refractivity contribution in [1.82, 2.24) is 0 Å². The maximum absolute atomic E-state index is 9.57. The molecule has 0 saturated carbocycles. The van der Waals surface area contributed by atoms with Crippen LogP contribution in [0.15, 0.2) is 200 Å². The van der Waals surface area contributed by atoms with Gasteiger partial charge in [0.1, 0.15) is 5.75 Å². The number of aromatic hydroxyl groups is 1. The van der Waals surface area contributed by atoms with Crippen molar-refractivity contribution in [1.29, 1.82) is 0 Å². The molecule has 1 aliphatic carbocycles. The van der Waals surface area contributed by atoms with Gasteiger partial charge in [0, 0.05) is 0 Å². The van der Waals surface area contributed by atoms with Crippen molar-refractivity contribution in [2.45, 2.75) is 41.5 Å². The molecule has 11 rings (SSSR count). The fraction of sp³-hybridized carbons (Fsp3) is 0.0968. The summed E-state index contributed by atoms with van der Waals surface area (Å²) < 4.78 is 0. The predicted molar refractivity (Wildman–Crippen MR) is 271 cm³/mol. The van der Waals surface area contributed by atoms with Crippen molar-refractivity contribution >= 4 is 21.5 Å². The van der Waals surface area contributed by atoms with Gasteiger partial charge in [-0.25, -0.2) is 0 Å². The van der Waals surface area contributed by atoms with Crippen LogP contribution in [0.5, 0.6) is 5.75 Å². The highest BCUT2D eigenvalue weighted by atomic mass is 16.3. The molecule has 0 radical (unpaired) electrons. The van der Waals surface area contributed by atoms with E-state index in [9.17, 15) is 5.11 Å². The third-order valence-electron chi connectivity index (χ3n) is 12.5. The van der Waals surface area contributed by atoms with E-state index in [1.807, 2.05) is 26.0 Å². The zero-order chi connectivity index (χ0) is 43.6. The molecule has 0 amide bonds. The quantitative estimate of drug-likeness (QED) is 0.184. The van der Waals surface area contributed by atoms with Gasteiger partial charge in [0.25, 0.3) is 0 Å². The molecule has 10 aromatic carbocycles. The number of hydrogen-bond donors (Lipinski definition) is 1. The molecule has 0 fully saturated rings.